The maximum atomic E-state index is 4.92. The fourth-order valence-corrected chi connectivity index (χ4v) is 0.690. The summed E-state index contributed by atoms with van der Waals surface area (Å²) in [6.07, 6.45) is 1.83. The van der Waals surface area contributed by atoms with Gasteiger partial charge in [0.15, 0.2) is 0 Å². The summed E-state index contributed by atoms with van der Waals surface area (Å²) in [4.78, 5) is 0. The van der Waals surface area contributed by atoms with Gasteiger partial charge in [0.2, 0.25) is 5.89 Å². The first-order valence-corrected chi connectivity index (χ1v) is 3.23. The number of rotatable bonds is 2. The van der Waals surface area contributed by atoms with Crippen LogP contribution >= 0.6 is 0 Å². The molecule has 0 unspecified atom stereocenters. The van der Waals surface area contributed by atoms with Crippen LogP contribution in [-0.4, -0.2) is 10.2 Å². The van der Waals surface area contributed by atoms with Crippen molar-refractivity contribution >= 4 is 12.6 Å². The van der Waals surface area contributed by atoms with E-state index in [1.165, 1.54) is 0 Å². The largest absolute Gasteiger partial charge is 1.00 e. The van der Waals surface area contributed by atoms with Gasteiger partial charge in [0.25, 0.3) is 0 Å². The van der Waals surface area contributed by atoms with Gasteiger partial charge in [0.1, 0.15) is 0 Å². The van der Waals surface area contributed by atoms with E-state index in [-0.39, 0.29) is 34.8 Å². The SMILES string of the molecule is CCCc1nnc([S-])o1.[Na+]. The fourth-order valence-electron chi connectivity index (χ4n) is 0.553. The van der Waals surface area contributed by atoms with Crippen molar-refractivity contribution in [3.05, 3.63) is 5.89 Å². The van der Waals surface area contributed by atoms with Gasteiger partial charge >= 0.3 is 29.6 Å². The van der Waals surface area contributed by atoms with E-state index >= 15 is 0 Å². The molecule has 0 spiro atoms. The third kappa shape index (κ3) is 2.96. The van der Waals surface area contributed by atoms with Crippen molar-refractivity contribution < 1.29 is 34.0 Å². The zero-order valence-electron chi connectivity index (χ0n) is 6.13. The van der Waals surface area contributed by atoms with Crippen LogP contribution in [0, 0.1) is 0 Å². The van der Waals surface area contributed by atoms with E-state index in [1.54, 1.807) is 0 Å². The zero-order valence-corrected chi connectivity index (χ0v) is 8.94. The minimum absolute atomic E-state index is 0. The average Bonchev–Trinajstić information content (AvgIpc) is 2.17. The Labute approximate surface area is 87.3 Å². The van der Waals surface area contributed by atoms with Crippen LogP contribution in [-0.2, 0) is 19.0 Å². The number of aromatic nitrogens is 2. The van der Waals surface area contributed by atoms with Crippen LogP contribution in [0.1, 0.15) is 19.2 Å². The summed E-state index contributed by atoms with van der Waals surface area (Å²) in [5.74, 6) is 0.641. The molecule has 0 aromatic carbocycles. The molecule has 1 heterocycles. The number of hydrogen-bond acceptors (Lipinski definition) is 4. The molecule has 3 nitrogen and oxygen atoms in total. The van der Waals surface area contributed by atoms with Gasteiger partial charge in [-0.2, -0.15) is 0 Å². The van der Waals surface area contributed by atoms with Gasteiger partial charge in [-0.25, -0.2) is 0 Å². The predicted octanol–water partition coefficient (Wildman–Crippen LogP) is -2.07. The molecule has 0 saturated heterocycles. The van der Waals surface area contributed by atoms with Crippen molar-refractivity contribution in [2.75, 3.05) is 0 Å². The van der Waals surface area contributed by atoms with Crippen LogP contribution in [0.15, 0.2) is 9.64 Å². The topological polar surface area (TPSA) is 38.9 Å². The predicted molar refractivity (Wildman–Crippen MR) is 33.9 cm³/mol. The van der Waals surface area contributed by atoms with E-state index in [0.29, 0.717) is 5.89 Å². The summed E-state index contributed by atoms with van der Waals surface area (Å²) < 4.78 is 4.92. The quantitative estimate of drug-likeness (QED) is 0.374. The maximum Gasteiger partial charge on any atom is 1.00 e. The first-order valence-electron chi connectivity index (χ1n) is 2.82. The van der Waals surface area contributed by atoms with Crippen molar-refractivity contribution in [3.63, 3.8) is 0 Å². The molecule has 1 aromatic heterocycles. The van der Waals surface area contributed by atoms with Crippen molar-refractivity contribution in [1.29, 1.82) is 0 Å². The van der Waals surface area contributed by atoms with Crippen LogP contribution in [0.3, 0.4) is 0 Å². The van der Waals surface area contributed by atoms with Crippen LogP contribution < -0.4 is 29.6 Å². The van der Waals surface area contributed by atoms with Crippen LogP contribution in [0.4, 0.5) is 0 Å². The Kier molecular flexibility index (Phi) is 5.25. The van der Waals surface area contributed by atoms with Crippen LogP contribution in [0.25, 0.3) is 0 Å². The van der Waals surface area contributed by atoms with Crippen molar-refractivity contribution in [2.24, 2.45) is 0 Å². The van der Waals surface area contributed by atoms with Gasteiger partial charge in [0, 0.05) is 6.42 Å². The van der Waals surface area contributed by atoms with E-state index in [0.717, 1.165) is 12.8 Å². The average molecular weight is 166 g/mol. The van der Waals surface area contributed by atoms with E-state index in [2.05, 4.69) is 22.8 Å². The van der Waals surface area contributed by atoms with Gasteiger partial charge in [0.05, 0.1) is 5.22 Å². The van der Waals surface area contributed by atoms with Gasteiger partial charge in [-0.3, -0.25) is 0 Å². The number of hydrogen-bond donors (Lipinski definition) is 0. The fraction of sp³-hybridized carbons (Fsp3) is 0.600. The molecule has 0 fully saturated rings. The zero-order chi connectivity index (χ0) is 6.69. The van der Waals surface area contributed by atoms with Crippen LogP contribution in [0.2, 0.25) is 0 Å². The van der Waals surface area contributed by atoms with E-state index in [1.807, 2.05) is 6.92 Å². The second-order valence-electron chi connectivity index (χ2n) is 1.71. The normalized spacial score (nSPS) is 8.90. The molecule has 0 atom stereocenters. The molecule has 0 aliphatic carbocycles. The Morgan fingerprint density at radius 2 is 2.20 bits per heavy atom. The monoisotopic (exact) mass is 166 g/mol. The molecule has 10 heavy (non-hydrogen) atoms. The van der Waals surface area contributed by atoms with Gasteiger partial charge in [-0.1, -0.05) is 6.92 Å². The summed E-state index contributed by atoms with van der Waals surface area (Å²) in [5, 5.41) is 7.45. The van der Waals surface area contributed by atoms with Crippen molar-refractivity contribution in [3.8, 4) is 0 Å². The molecule has 0 saturated carbocycles. The molecule has 0 bridgehead atoms. The van der Waals surface area contributed by atoms with Gasteiger partial charge in [-0.05, 0) is 6.42 Å². The Bertz CT molecular complexity index is 192. The summed E-state index contributed by atoms with van der Waals surface area (Å²) in [6, 6.07) is 0. The minimum Gasteiger partial charge on any atom is -0.719 e. The van der Waals surface area contributed by atoms with Gasteiger partial charge < -0.3 is 17.0 Å². The minimum atomic E-state index is 0. The standard InChI is InChI=1S/C5H8N2OS.Na/c1-2-3-4-6-7-5(9)8-4;/h2-3H2,1H3,(H,7,9);/q;+1/p-1. The Balaban J connectivity index is 0.000000810. The van der Waals surface area contributed by atoms with Crippen LogP contribution in [0.5, 0.6) is 0 Å². The third-order valence-electron chi connectivity index (χ3n) is 0.912. The van der Waals surface area contributed by atoms with E-state index in [9.17, 15) is 0 Å². The summed E-state index contributed by atoms with van der Waals surface area (Å²) in [7, 11) is 0. The summed E-state index contributed by atoms with van der Waals surface area (Å²) in [6.45, 7) is 2.05. The first kappa shape index (κ1) is 10.4. The van der Waals surface area contributed by atoms with Crippen molar-refractivity contribution in [2.45, 2.75) is 25.0 Å². The summed E-state index contributed by atoms with van der Waals surface area (Å²) >= 11 is 4.61. The Morgan fingerprint density at radius 3 is 2.60 bits per heavy atom. The molecule has 0 amide bonds. The Morgan fingerprint density at radius 1 is 1.50 bits per heavy atom. The second-order valence-corrected chi connectivity index (χ2v) is 2.06. The molecule has 0 aliphatic heterocycles. The summed E-state index contributed by atoms with van der Waals surface area (Å²) in [5.41, 5.74) is 0. The smallest absolute Gasteiger partial charge is 0.719 e. The Hall–Kier alpha value is 0.360. The first-order chi connectivity index (χ1) is 4.33. The molecule has 1 aromatic rings. The number of aryl methyl sites for hydroxylation is 1. The third-order valence-corrected chi connectivity index (χ3v) is 1.08. The number of nitrogens with zero attached hydrogens (tertiary/aromatic N) is 2. The van der Waals surface area contributed by atoms with E-state index < -0.39 is 0 Å². The van der Waals surface area contributed by atoms with Crippen molar-refractivity contribution in [1.82, 2.24) is 10.2 Å². The second kappa shape index (κ2) is 5.07. The molecule has 0 aliphatic rings. The molecule has 0 N–H and O–H groups in total. The molecule has 5 heteroatoms. The molecular weight excluding hydrogens is 159 g/mol. The molecular formula is C5H7N2NaOS. The van der Waals surface area contributed by atoms with E-state index in [4.69, 9.17) is 4.42 Å². The molecule has 0 radical (unpaired) electrons. The maximum absolute atomic E-state index is 4.92. The molecule has 50 valence electrons. The van der Waals surface area contributed by atoms with Gasteiger partial charge in [-0.15, -0.1) is 10.2 Å². The molecule has 1 rings (SSSR count).